The van der Waals surface area contributed by atoms with Gasteiger partial charge in [0.25, 0.3) is 5.88 Å². The molecule has 0 bridgehead atoms. The molecule has 1 aliphatic rings. The number of ether oxygens (including phenoxy) is 3. The number of rotatable bonds is 25. The predicted octanol–water partition coefficient (Wildman–Crippen LogP) is 7.73. The summed E-state index contributed by atoms with van der Waals surface area (Å²) in [7, 11) is -3.92. The normalized spacial score (nSPS) is 16.2. The number of hydrogen-bond donors (Lipinski definition) is 1. The van der Waals surface area contributed by atoms with E-state index in [0.717, 1.165) is 57.3 Å². The van der Waals surface area contributed by atoms with Gasteiger partial charge < -0.3 is 28.6 Å². The van der Waals surface area contributed by atoms with E-state index >= 15 is 0 Å². The minimum absolute atomic E-state index is 0.276. The first-order chi connectivity index (χ1) is 23.2. The van der Waals surface area contributed by atoms with E-state index in [1.807, 2.05) is 6.07 Å². The SMILES string of the molecule is CCCCCCCCCCCCCCCCCNC(=O)OC1CCCOC1COc1cc(CCCC[n+]2ccsc2)on1.CS(=O)(=O)[O-]. The molecule has 1 N–H and O–H groups in total. The molecular formula is C35H61N3O8S2. The average molecular weight is 716 g/mol. The van der Waals surface area contributed by atoms with Gasteiger partial charge in [0.15, 0.2) is 6.20 Å². The fraction of sp³-hybridized carbons (Fsp3) is 0.800. The van der Waals surface area contributed by atoms with Crippen LogP contribution in [0.25, 0.3) is 0 Å². The van der Waals surface area contributed by atoms with Crippen LogP contribution in [0.3, 0.4) is 0 Å². The van der Waals surface area contributed by atoms with Crippen LogP contribution in [0.4, 0.5) is 4.79 Å². The zero-order valence-corrected chi connectivity index (χ0v) is 31.0. The first-order valence-corrected chi connectivity index (χ1v) is 21.0. The van der Waals surface area contributed by atoms with Crippen LogP contribution in [-0.4, -0.2) is 62.4 Å². The number of unbranched alkanes of at least 4 members (excludes halogenated alkanes) is 15. The quantitative estimate of drug-likeness (QED) is 0.0620. The second kappa shape index (κ2) is 26.6. The maximum Gasteiger partial charge on any atom is 0.407 e. The molecule has 0 aromatic carbocycles. The second-order valence-electron chi connectivity index (χ2n) is 12.7. The summed E-state index contributed by atoms with van der Waals surface area (Å²) in [5, 5.41) is 9.05. The van der Waals surface area contributed by atoms with Crippen molar-refractivity contribution in [3.8, 4) is 5.88 Å². The number of nitrogens with one attached hydrogen (secondary N) is 1. The van der Waals surface area contributed by atoms with Crippen molar-refractivity contribution >= 4 is 27.5 Å². The van der Waals surface area contributed by atoms with Crippen LogP contribution < -0.4 is 14.6 Å². The van der Waals surface area contributed by atoms with E-state index in [-0.39, 0.29) is 24.9 Å². The summed E-state index contributed by atoms with van der Waals surface area (Å²) in [5.74, 6) is 1.27. The molecule has 0 spiro atoms. The van der Waals surface area contributed by atoms with Gasteiger partial charge in [0.1, 0.15) is 31.1 Å². The topological polar surface area (TPSA) is 144 Å². The molecule has 3 heterocycles. The highest BCUT2D eigenvalue weighted by Crippen LogP contribution is 2.20. The number of nitrogens with zero attached hydrogens (tertiary/aromatic N) is 2. The van der Waals surface area contributed by atoms with Crippen LogP contribution in [0.15, 0.2) is 27.7 Å². The fourth-order valence-corrected chi connectivity index (χ4v) is 6.23. The minimum Gasteiger partial charge on any atom is -0.748 e. The monoisotopic (exact) mass is 715 g/mol. The van der Waals surface area contributed by atoms with Crippen LogP contribution >= 0.6 is 11.3 Å². The van der Waals surface area contributed by atoms with Crippen LogP contribution in [0.2, 0.25) is 0 Å². The standard InChI is InChI=1S/C34H57N3O5S.CH4O3S/c1-2-3-4-5-6-7-8-9-10-11-12-13-14-15-17-22-35-34(38)41-31-21-19-25-39-32(31)28-40-33-27-30(42-36-33)20-16-18-23-37-24-26-43-29-37;1-5(2,3)4/h24,26-27,29,31-32H,2-23,25,28H2,1H3;1H3,(H,2,3,4). The van der Waals surface area contributed by atoms with Crippen molar-refractivity contribution < 1.29 is 41.1 Å². The van der Waals surface area contributed by atoms with Crippen molar-refractivity contribution in [1.82, 2.24) is 10.5 Å². The third-order valence-electron chi connectivity index (χ3n) is 8.24. The Balaban J connectivity index is 0.00000149. The van der Waals surface area contributed by atoms with Crippen molar-refractivity contribution in [2.45, 2.75) is 154 Å². The van der Waals surface area contributed by atoms with Crippen molar-refractivity contribution in [3.63, 3.8) is 0 Å². The number of hydrogen-bond acceptors (Lipinski definition) is 10. The number of amides is 1. The smallest absolute Gasteiger partial charge is 0.407 e. The molecule has 11 nitrogen and oxygen atoms in total. The predicted molar refractivity (Wildman–Crippen MR) is 187 cm³/mol. The second-order valence-corrected chi connectivity index (χ2v) is 14.9. The van der Waals surface area contributed by atoms with Crippen molar-refractivity contribution in [2.24, 2.45) is 0 Å². The Kier molecular flexibility index (Phi) is 23.3. The van der Waals surface area contributed by atoms with Gasteiger partial charge in [-0.25, -0.2) is 13.2 Å². The Morgan fingerprint density at radius 2 is 1.62 bits per heavy atom. The maximum absolute atomic E-state index is 12.4. The Bertz CT molecular complexity index is 1150. The fourth-order valence-electron chi connectivity index (χ4n) is 5.60. The number of aryl methyl sites for hydroxylation is 2. The van der Waals surface area contributed by atoms with E-state index in [1.165, 1.54) is 83.5 Å². The van der Waals surface area contributed by atoms with Crippen molar-refractivity contribution in [1.29, 1.82) is 0 Å². The molecule has 1 fully saturated rings. The Labute approximate surface area is 293 Å². The van der Waals surface area contributed by atoms with E-state index in [1.54, 1.807) is 11.3 Å². The molecule has 0 aliphatic carbocycles. The Morgan fingerprint density at radius 3 is 2.23 bits per heavy atom. The molecule has 2 unspecified atom stereocenters. The summed E-state index contributed by atoms with van der Waals surface area (Å²) in [6.07, 6.45) is 26.2. The molecule has 0 saturated carbocycles. The summed E-state index contributed by atoms with van der Waals surface area (Å²) >= 11 is 1.70. The van der Waals surface area contributed by atoms with Gasteiger partial charge in [-0.05, 0) is 30.8 Å². The van der Waals surface area contributed by atoms with Crippen LogP contribution in [0.5, 0.6) is 5.88 Å². The van der Waals surface area contributed by atoms with Gasteiger partial charge in [0.2, 0.25) is 5.51 Å². The highest BCUT2D eigenvalue weighted by Gasteiger charge is 2.30. The molecule has 276 valence electrons. The van der Waals surface area contributed by atoms with Crippen LogP contribution in [-0.2, 0) is 32.6 Å². The van der Waals surface area contributed by atoms with Gasteiger partial charge in [0.05, 0.1) is 15.5 Å². The zero-order valence-electron chi connectivity index (χ0n) is 29.4. The van der Waals surface area contributed by atoms with Crippen LogP contribution in [0, 0.1) is 0 Å². The Hall–Kier alpha value is -2.22. The lowest BCUT2D eigenvalue weighted by Crippen LogP contribution is -2.43. The molecular weight excluding hydrogens is 655 g/mol. The first-order valence-electron chi connectivity index (χ1n) is 18.2. The highest BCUT2D eigenvalue weighted by atomic mass is 32.2. The molecule has 1 saturated heterocycles. The number of carbonyl (C=O) groups excluding carboxylic acids is 1. The molecule has 3 rings (SSSR count). The number of aromatic nitrogens is 2. The molecule has 0 radical (unpaired) electrons. The maximum atomic E-state index is 12.4. The van der Waals surface area contributed by atoms with Gasteiger partial charge in [-0.1, -0.05) is 108 Å². The van der Waals surface area contributed by atoms with Gasteiger partial charge in [0, 0.05) is 38.3 Å². The lowest BCUT2D eigenvalue weighted by Gasteiger charge is -2.30. The van der Waals surface area contributed by atoms with E-state index in [2.05, 4.69) is 39.1 Å². The summed E-state index contributed by atoms with van der Waals surface area (Å²) in [4.78, 5) is 12.4. The van der Waals surface area contributed by atoms with Crippen molar-refractivity contribution in [3.05, 3.63) is 28.9 Å². The molecule has 1 aliphatic heterocycles. The van der Waals surface area contributed by atoms with E-state index in [0.29, 0.717) is 25.3 Å². The first kappa shape index (κ1) is 41.9. The molecule has 2 aromatic heterocycles. The van der Waals surface area contributed by atoms with Crippen LogP contribution in [0.1, 0.15) is 135 Å². The third-order valence-corrected chi connectivity index (χ3v) is 8.91. The largest absolute Gasteiger partial charge is 0.748 e. The van der Waals surface area contributed by atoms with E-state index in [4.69, 9.17) is 31.7 Å². The van der Waals surface area contributed by atoms with Crippen molar-refractivity contribution in [2.75, 3.05) is 26.0 Å². The summed E-state index contributed by atoms with van der Waals surface area (Å²) < 4.78 is 52.3. The van der Waals surface area contributed by atoms with E-state index < -0.39 is 10.1 Å². The van der Waals surface area contributed by atoms with E-state index in [9.17, 15) is 4.79 Å². The lowest BCUT2D eigenvalue weighted by atomic mass is 10.0. The molecule has 48 heavy (non-hydrogen) atoms. The highest BCUT2D eigenvalue weighted by molar-refractivity contribution is 7.84. The van der Waals surface area contributed by atoms with Gasteiger partial charge in [-0.2, -0.15) is 4.57 Å². The third kappa shape index (κ3) is 23.2. The molecule has 2 aromatic rings. The summed E-state index contributed by atoms with van der Waals surface area (Å²) in [6.45, 7) is 4.85. The molecule has 1 amide bonds. The average Bonchev–Trinajstić information content (AvgIpc) is 3.74. The lowest BCUT2D eigenvalue weighted by molar-refractivity contribution is -0.692. The number of thiazole rings is 1. The molecule has 13 heteroatoms. The Morgan fingerprint density at radius 1 is 1.00 bits per heavy atom. The summed E-state index contributed by atoms with van der Waals surface area (Å²) in [5.41, 5.74) is 2.12. The van der Waals surface area contributed by atoms with Gasteiger partial charge >= 0.3 is 6.09 Å². The number of alkyl carbamates (subject to hydrolysis) is 1. The summed E-state index contributed by atoms with van der Waals surface area (Å²) in [6, 6.07) is 1.85. The minimum atomic E-state index is -3.92. The van der Waals surface area contributed by atoms with Gasteiger partial charge in [-0.3, -0.25) is 0 Å². The number of carbonyl (C=O) groups is 1. The molecule has 2 atom stereocenters. The zero-order chi connectivity index (χ0) is 34.7. The van der Waals surface area contributed by atoms with Gasteiger partial charge in [-0.15, -0.1) is 0 Å².